The van der Waals surface area contributed by atoms with Crippen molar-refractivity contribution in [3.05, 3.63) is 47.3 Å². The summed E-state index contributed by atoms with van der Waals surface area (Å²) in [5.74, 6) is -1.58. The molecule has 0 bridgehead atoms. The number of nitrogens with one attached hydrogen (secondary N) is 1. The SMILES string of the molecule is CN1CCCC(NC(=O)c2c(C(=O)O)cnn2C)c2ccccc21. The number of amides is 1. The highest BCUT2D eigenvalue weighted by Crippen LogP contribution is 2.32. The molecule has 7 heteroatoms. The number of aromatic nitrogens is 2. The Hall–Kier alpha value is -2.83. The van der Waals surface area contributed by atoms with Crippen LogP contribution >= 0.6 is 0 Å². The lowest BCUT2D eigenvalue weighted by molar-refractivity contribution is 0.0690. The summed E-state index contributed by atoms with van der Waals surface area (Å²) < 4.78 is 1.30. The molecule has 0 spiro atoms. The van der Waals surface area contributed by atoms with E-state index in [0.29, 0.717) is 0 Å². The highest BCUT2D eigenvalue weighted by molar-refractivity contribution is 6.03. The number of aryl methyl sites for hydroxylation is 1. The largest absolute Gasteiger partial charge is 0.478 e. The molecule has 1 amide bonds. The van der Waals surface area contributed by atoms with Gasteiger partial charge in [0.15, 0.2) is 0 Å². The standard InChI is InChI=1S/C17H20N4O3/c1-20-9-5-7-13(11-6-3-4-8-14(11)20)19-16(22)15-12(17(23)24)10-18-21(15)2/h3-4,6,8,10,13H,5,7,9H2,1-2H3,(H,19,22)(H,23,24). The fraction of sp³-hybridized carbons (Fsp3) is 0.353. The van der Waals surface area contributed by atoms with Crippen molar-refractivity contribution >= 4 is 17.6 Å². The van der Waals surface area contributed by atoms with Gasteiger partial charge in [-0.05, 0) is 24.5 Å². The number of carbonyl (C=O) groups is 2. The van der Waals surface area contributed by atoms with Gasteiger partial charge in [-0.3, -0.25) is 9.48 Å². The molecule has 0 radical (unpaired) electrons. The van der Waals surface area contributed by atoms with E-state index in [9.17, 15) is 14.7 Å². The highest BCUT2D eigenvalue weighted by atomic mass is 16.4. The first kappa shape index (κ1) is 16.0. The molecule has 0 saturated carbocycles. The highest BCUT2D eigenvalue weighted by Gasteiger charge is 2.27. The third kappa shape index (κ3) is 2.84. The summed E-state index contributed by atoms with van der Waals surface area (Å²) in [5.41, 5.74) is 2.11. The van der Waals surface area contributed by atoms with Gasteiger partial charge in [0, 0.05) is 26.3 Å². The average molecular weight is 328 g/mol. The van der Waals surface area contributed by atoms with Crippen LogP contribution in [0, 0.1) is 0 Å². The smallest absolute Gasteiger partial charge is 0.339 e. The summed E-state index contributed by atoms with van der Waals surface area (Å²) in [6.45, 7) is 0.912. The molecule has 1 aromatic heterocycles. The fourth-order valence-electron chi connectivity index (χ4n) is 3.18. The minimum absolute atomic E-state index is 0.0672. The van der Waals surface area contributed by atoms with Crippen LogP contribution in [-0.2, 0) is 7.05 Å². The van der Waals surface area contributed by atoms with Crippen molar-refractivity contribution in [2.75, 3.05) is 18.5 Å². The summed E-state index contributed by atoms with van der Waals surface area (Å²) >= 11 is 0. The summed E-state index contributed by atoms with van der Waals surface area (Å²) in [4.78, 5) is 26.1. The van der Waals surface area contributed by atoms with Gasteiger partial charge in [0.25, 0.3) is 5.91 Å². The number of carboxylic acids is 1. The molecule has 0 aliphatic carbocycles. The molecule has 2 N–H and O–H groups in total. The molecule has 1 aromatic carbocycles. The molecule has 7 nitrogen and oxygen atoms in total. The summed E-state index contributed by atoms with van der Waals surface area (Å²) in [5, 5.41) is 16.1. The Bertz CT molecular complexity index is 784. The Morgan fingerprint density at radius 2 is 2.04 bits per heavy atom. The van der Waals surface area contributed by atoms with E-state index in [1.165, 1.54) is 10.9 Å². The number of para-hydroxylation sites is 1. The molecule has 2 aromatic rings. The number of hydrogen-bond acceptors (Lipinski definition) is 4. The zero-order valence-electron chi connectivity index (χ0n) is 13.7. The second kappa shape index (κ2) is 6.35. The van der Waals surface area contributed by atoms with Crippen LogP contribution in [0.4, 0.5) is 5.69 Å². The third-order valence-electron chi connectivity index (χ3n) is 4.40. The predicted molar refractivity (Wildman–Crippen MR) is 89.3 cm³/mol. The zero-order valence-corrected chi connectivity index (χ0v) is 13.7. The van der Waals surface area contributed by atoms with E-state index < -0.39 is 11.9 Å². The van der Waals surface area contributed by atoms with Crippen LogP contribution in [0.15, 0.2) is 30.5 Å². The number of aromatic carboxylic acids is 1. The van der Waals surface area contributed by atoms with Crippen LogP contribution in [0.25, 0.3) is 0 Å². The normalized spacial score (nSPS) is 17.1. The van der Waals surface area contributed by atoms with E-state index in [1.807, 2.05) is 31.3 Å². The van der Waals surface area contributed by atoms with Gasteiger partial charge in [0.2, 0.25) is 0 Å². The van der Waals surface area contributed by atoms with Crippen LogP contribution in [0.3, 0.4) is 0 Å². The number of rotatable bonds is 3. The van der Waals surface area contributed by atoms with Crippen molar-refractivity contribution in [2.24, 2.45) is 7.05 Å². The molecule has 0 fully saturated rings. The fourth-order valence-corrected chi connectivity index (χ4v) is 3.18. The van der Waals surface area contributed by atoms with E-state index in [4.69, 9.17) is 0 Å². The Kier molecular flexibility index (Phi) is 4.24. The van der Waals surface area contributed by atoms with Crippen molar-refractivity contribution in [3.8, 4) is 0 Å². The quantitative estimate of drug-likeness (QED) is 0.897. The molecule has 1 aliphatic rings. The van der Waals surface area contributed by atoms with Crippen molar-refractivity contribution < 1.29 is 14.7 Å². The maximum absolute atomic E-state index is 12.7. The van der Waals surface area contributed by atoms with E-state index in [-0.39, 0.29) is 17.3 Å². The lowest BCUT2D eigenvalue weighted by atomic mass is 10.0. The summed E-state index contributed by atoms with van der Waals surface area (Å²) in [6, 6.07) is 7.80. The Labute approximate surface area is 139 Å². The van der Waals surface area contributed by atoms with Crippen LogP contribution in [0.5, 0.6) is 0 Å². The van der Waals surface area contributed by atoms with Gasteiger partial charge in [-0.2, -0.15) is 5.10 Å². The van der Waals surface area contributed by atoms with Crippen LogP contribution in [-0.4, -0.2) is 40.4 Å². The van der Waals surface area contributed by atoms with Gasteiger partial charge in [-0.15, -0.1) is 0 Å². The van der Waals surface area contributed by atoms with Crippen molar-refractivity contribution in [2.45, 2.75) is 18.9 Å². The van der Waals surface area contributed by atoms with E-state index in [2.05, 4.69) is 15.3 Å². The first-order chi connectivity index (χ1) is 11.5. The molecule has 126 valence electrons. The number of anilines is 1. The molecule has 3 rings (SSSR count). The number of hydrogen-bond donors (Lipinski definition) is 2. The Balaban J connectivity index is 1.91. The summed E-state index contributed by atoms with van der Waals surface area (Å²) in [6.07, 6.45) is 2.94. The van der Waals surface area contributed by atoms with Gasteiger partial charge < -0.3 is 15.3 Å². The van der Waals surface area contributed by atoms with Crippen LogP contribution in [0.2, 0.25) is 0 Å². The monoisotopic (exact) mass is 328 g/mol. The minimum atomic E-state index is -1.16. The average Bonchev–Trinajstić information content (AvgIpc) is 2.88. The Morgan fingerprint density at radius 1 is 1.29 bits per heavy atom. The predicted octanol–water partition coefficient (Wildman–Crippen LogP) is 1.82. The van der Waals surface area contributed by atoms with Crippen molar-refractivity contribution in [1.29, 1.82) is 0 Å². The van der Waals surface area contributed by atoms with E-state index in [0.717, 1.165) is 30.6 Å². The molecule has 2 heterocycles. The first-order valence-electron chi connectivity index (χ1n) is 7.85. The molecule has 1 aliphatic heterocycles. The third-order valence-corrected chi connectivity index (χ3v) is 4.40. The number of carboxylic acid groups (broad SMARTS) is 1. The van der Waals surface area contributed by atoms with Gasteiger partial charge in [0.05, 0.1) is 12.2 Å². The molecule has 0 saturated heterocycles. The maximum atomic E-state index is 12.7. The second-order valence-electron chi connectivity index (χ2n) is 5.98. The van der Waals surface area contributed by atoms with Crippen LogP contribution in [0.1, 0.15) is 45.3 Å². The topological polar surface area (TPSA) is 87.5 Å². The van der Waals surface area contributed by atoms with E-state index >= 15 is 0 Å². The van der Waals surface area contributed by atoms with Gasteiger partial charge in [0.1, 0.15) is 11.3 Å². The maximum Gasteiger partial charge on any atom is 0.339 e. The lowest BCUT2D eigenvalue weighted by Crippen LogP contribution is -2.31. The molecular formula is C17H20N4O3. The number of nitrogens with zero attached hydrogens (tertiary/aromatic N) is 3. The van der Waals surface area contributed by atoms with Crippen molar-refractivity contribution in [1.82, 2.24) is 15.1 Å². The molecular weight excluding hydrogens is 308 g/mol. The second-order valence-corrected chi connectivity index (χ2v) is 5.98. The number of benzene rings is 1. The summed E-state index contributed by atoms with van der Waals surface area (Å²) in [7, 11) is 3.60. The van der Waals surface area contributed by atoms with Gasteiger partial charge in [-0.25, -0.2) is 4.79 Å². The molecule has 1 atom stereocenters. The lowest BCUT2D eigenvalue weighted by Gasteiger charge is -2.22. The van der Waals surface area contributed by atoms with Gasteiger partial charge in [-0.1, -0.05) is 18.2 Å². The Morgan fingerprint density at radius 3 is 2.79 bits per heavy atom. The minimum Gasteiger partial charge on any atom is -0.478 e. The van der Waals surface area contributed by atoms with Crippen LogP contribution < -0.4 is 10.2 Å². The van der Waals surface area contributed by atoms with E-state index in [1.54, 1.807) is 7.05 Å². The first-order valence-corrected chi connectivity index (χ1v) is 7.85. The molecule has 1 unspecified atom stereocenters. The number of fused-ring (bicyclic) bond motifs is 1. The number of carbonyl (C=O) groups excluding carboxylic acids is 1. The van der Waals surface area contributed by atoms with Gasteiger partial charge >= 0.3 is 5.97 Å². The van der Waals surface area contributed by atoms with Crippen molar-refractivity contribution in [3.63, 3.8) is 0 Å². The molecule has 24 heavy (non-hydrogen) atoms. The zero-order chi connectivity index (χ0) is 17.3.